The van der Waals surface area contributed by atoms with Crippen LogP contribution in [0.25, 0.3) is 0 Å². The SMILES string of the molecule is CCN(CC)c1cnn(Cc2ccc(N)c(F)c2)c(=O)c1. The molecule has 0 unspecified atom stereocenters. The van der Waals surface area contributed by atoms with Crippen molar-refractivity contribution in [3.05, 3.63) is 52.2 Å². The minimum Gasteiger partial charge on any atom is -0.396 e. The summed E-state index contributed by atoms with van der Waals surface area (Å²) in [5.41, 5.74) is 6.75. The summed E-state index contributed by atoms with van der Waals surface area (Å²) in [5, 5.41) is 4.15. The Hall–Kier alpha value is -2.37. The van der Waals surface area contributed by atoms with Crippen LogP contribution in [0.5, 0.6) is 0 Å². The molecule has 0 bridgehead atoms. The molecule has 5 nitrogen and oxygen atoms in total. The molecule has 2 aromatic rings. The van der Waals surface area contributed by atoms with Crippen LogP contribution < -0.4 is 16.2 Å². The minimum atomic E-state index is -0.486. The van der Waals surface area contributed by atoms with Gasteiger partial charge in [0.25, 0.3) is 5.56 Å². The number of rotatable bonds is 5. The normalized spacial score (nSPS) is 10.6. The molecule has 0 radical (unpaired) electrons. The van der Waals surface area contributed by atoms with Crippen LogP contribution in [0.4, 0.5) is 15.8 Å². The lowest BCUT2D eigenvalue weighted by molar-refractivity contribution is 0.613. The number of anilines is 2. The van der Waals surface area contributed by atoms with Gasteiger partial charge < -0.3 is 10.6 Å². The number of halogens is 1. The summed E-state index contributed by atoms with van der Waals surface area (Å²) in [6.07, 6.45) is 1.65. The van der Waals surface area contributed by atoms with Crippen LogP contribution >= 0.6 is 0 Å². The summed E-state index contributed by atoms with van der Waals surface area (Å²) >= 11 is 0. The summed E-state index contributed by atoms with van der Waals surface area (Å²) < 4.78 is 14.7. The van der Waals surface area contributed by atoms with Crippen LogP contribution in [0, 0.1) is 5.82 Å². The summed E-state index contributed by atoms with van der Waals surface area (Å²) in [6.45, 7) is 5.88. The Labute approximate surface area is 122 Å². The first kappa shape index (κ1) is 15.0. The summed E-state index contributed by atoms with van der Waals surface area (Å²) in [7, 11) is 0. The van der Waals surface area contributed by atoms with E-state index in [1.807, 2.05) is 18.7 Å². The van der Waals surface area contributed by atoms with Crippen molar-refractivity contribution in [3.8, 4) is 0 Å². The highest BCUT2D eigenvalue weighted by Crippen LogP contribution is 2.13. The van der Waals surface area contributed by atoms with Crippen LogP contribution in [-0.4, -0.2) is 22.9 Å². The number of nitrogen functional groups attached to an aromatic ring is 1. The second-order valence-corrected chi connectivity index (χ2v) is 4.74. The van der Waals surface area contributed by atoms with E-state index in [0.29, 0.717) is 5.56 Å². The van der Waals surface area contributed by atoms with Crippen molar-refractivity contribution < 1.29 is 4.39 Å². The van der Waals surface area contributed by atoms with Gasteiger partial charge in [-0.1, -0.05) is 6.07 Å². The molecule has 2 N–H and O–H groups in total. The van der Waals surface area contributed by atoms with E-state index in [2.05, 4.69) is 5.10 Å². The van der Waals surface area contributed by atoms with Crippen molar-refractivity contribution in [2.24, 2.45) is 0 Å². The van der Waals surface area contributed by atoms with E-state index in [-0.39, 0.29) is 17.8 Å². The van der Waals surface area contributed by atoms with Gasteiger partial charge >= 0.3 is 0 Å². The quantitative estimate of drug-likeness (QED) is 0.854. The zero-order valence-corrected chi connectivity index (χ0v) is 12.2. The number of nitrogens with two attached hydrogens (primary N) is 1. The zero-order valence-electron chi connectivity index (χ0n) is 12.2. The molecule has 6 heteroatoms. The van der Waals surface area contributed by atoms with Crippen LogP contribution in [0.1, 0.15) is 19.4 Å². The maximum atomic E-state index is 13.4. The van der Waals surface area contributed by atoms with Crippen molar-refractivity contribution in [2.45, 2.75) is 20.4 Å². The molecule has 0 aliphatic carbocycles. The van der Waals surface area contributed by atoms with Gasteiger partial charge in [-0.05, 0) is 31.5 Å². The van der Waals surface area contributed by atoms with E-state index >= 15 is 0 Å². The lowest BCUT2D eigenvalue weighted by Gasteiger charge is -2.20. The largest absolute Gasteiger partial charge is 0.396 e. The number of aromatic nitrogens is 2. The molecule has 0 spiro atoms. The molecule has 1 heterocycles. The Bertz CT molecular complexity index is 680. The monoisotopic (exact) mass is 290 g/mol. The van der Waals surface area contributed by atoms with Gasteiger partial charge in [-0.15, -0.1) is 0 Å². The summed E-state index contributed by atoms with van der Waals surface area (Å²) in [4.78, 5) is 14.1. The topological polar surface area (TPSA) is 64.2 Å². The molecule has 112 valence electrons. The maximum Gasteiger partial charge on any atom is 0.269 e. The number of benzene rings is 1. The van der Waals surface area contributed by atoms with E-state index in [1.54, 1.807) is 18.3 Å². The first-order valence-corrected chi connectivity index (χ1v) is 6.91. The Morgan fingerprint density at radius 1 is 1.29 bits per heavy atom. The molecule has 0 saturated carbocycles. The van der Waals surface area contributed by atoms with Gasteiger partial charge in [0, 0.05) is 19.2 Å². The highest BCUT2D eigenvalue weighted by atomic mass is 19.1. The second kappa shape index (κ2) is 6.39. The van der Waals surface area contributed by atoms with E-state index in [9.17, 15) is 9.18 Å². The van der Waals surface area contributed by atoms with Crippen LogP contribution in [0.15, 0.2) is 35.3 Å². The third-order valence-electron chi connectivity index (χ3n) is 3.38. The molecule has 0 atom stereocenters. The second-order valence-electron chi connectivity index (χ2n) is 4.74. The fourth-order valence-electron chi connectivity index (χ4n) is 2.15. The average molecular weight is 290 g/mol. The molecule has 1 aromatic heterocycles. The Kier molecular flexibility index (Phi) is 4.57. The molecule has 0 aliphatic heterocycles. The molecule has 2 rings (SSSR count). The predicted octanol–water partition coefficient (Wildman–Crippen LogP) is 1.86. The van der Waals surface area contributed by atoms with Gasteiger partial charge in [-0.25, -0.2) is 9.07 Å². The number of hydrogen-bond donors (Lipinski definition) is 1. The standard InChI is InChI=1S/C15H19FN4O/c1-3-19(4-2)12-8-15(21)20(18-9-12)10-11-5-6-14(17)13(16)7-11/h5-9H,3-4,10,17H2,1-2H3. The van der Waals surface area contributed by atoms with E-state index in [0.717, 1.165) is 18.8 Å². The van der Waals surface area contributed by atoms with Crippen molar-refractivity contribution in [2.75, 3.05) is 23.7 Å². The van der Waals surface area contributed by atoms with E-state index in [1.165, 1.54) is 16.8 Å². The molecule has 0 fully saturated rings. The van der Waals surface area contributed by atoms with E-state index in [4.69, 9.17) is 5.73 Å². The molecule has 0 saturated heterocycles. The van der Waals surface area contributed by atoms with Crippen molar-refractivity contribution in [1.29, 1.82) is 0 Å². The van der Waals surface area contributed by atoms with Gasteiger partial charge in [-0.3, -0.25) is 4.79 Å². The fourth-order valence-corrected chi connectivity index (χ4v) is 2.15. The third-order valence-corrected chi connectivity index (χ3v) is 3.38. The van der Waals surface area contributed by atoms with Gasteiger partial charge in [0.15, 0.2) is 0 Å². The summed E-state index contributed by atoms with van der Waals surface area (Å²) in [6, 6.07) is 6.04. The van der Waals surface area contributed by atoms with Gasteiger partial charge in [0.2, 0.25) is 0 Å². The molecular formula is C15H19FN4O. The van der Waals surface area contributed by atoms with Gasteiger partial charge in [0.1, 0.15) is 5.82 Å². The first-order valence-electron chi connectivity index (χ1n) is 6.91. The fraction of sp³-hybridized carbons (Fsp3) is 0.333. The molecular weight excluding hydrogens is 271 g/mol. The van der Waals surface area contributed by atoms with Crippen LogP contribution in [0.2, 0.25) is 0 Å². The number of nitrogens with zero attached hydrogens (tertiary/aromatic N) is 3. The number of hydrogen-bond acceptors (Lipinski definition) is 4. The lowest BCUT2D eigenvalue weighted by Crippen LogP contribution is -2.28. The average Bonchev–Trinajstić information content (AvgIpc) is 2.47. The Morgan fingerprint density at radius 2 is 2.00 bits per heavy atom. The van der Waals surface area contributed by atoms with Crippen molar-refractivity contribution >= 4 is 11.4 Å². The van der Waals surface area contributed by atoms with Crippen LogP contribution in [-0.2, 0) is 6.54 Å². The van der Waals surface area contributed by atoms with Gasteiger partial charge in [-0.2, -0.15) is 5.10 Å². The van der Waals surface area contributed by atoms with Gasteiger partial charge in [0.05, 0.1) is 24.1 Å². The predicted molar refractivity (Wildman–Crippen MR) is 82.0 cm³/mol. The maximum absolute atomic E-state index is 13.4. The highest BCUT2D eigenvalue weighted by Gasteiger charge is 2.07. The minimum absolute atomic E-state index is 0.0935. The molecule has 21 heavy (non-hydrogen) atoms. The molecule has 1 aromatic carbocycles. The Morgan fingerprint density at radius 3 is 2.57 bits per heavy atom. The third kappa shape index (κ3) is 3.39. The van der Waals surface area contributed by atoms with Crippen molar-refractivity contribution in [1.82, 2.24) is 9.78 Å². The Balaban J connectivity index is 2.25. The smallest absolute Gasteiger partial charge is 0.269 e. The lowest BCUT2D eigenvalue weighted by atomic mass is 10.2. The molecule has 0 amide bonds. The van der Waals surface area contributed by atoms with Crippen molar-refractivity contribution in [3.63, 3.8) is 0 Å². The van der Waals surface area contributed by atoms with Crippen LogP contribution in [0.3, 0.4) is 0 Å². The zero-order chi connectivity index (χ0) is 15.4. The summed E-state index contributed by atoms with van der Waals surface area (Å²) in [5.74, 6) is -0.486. The van der Waals surface area contributed by atoms with E-state index < -0.39 is 5.82 Å². The molecule has 0 aliphatic rings. The first-order chi connectivity index (χ1) is 10.0. The highest BCUT2D eigenvalue weighted by molar-refractivity contribution is 5.43.